The maximum Gasteiger partial charge on any atom is 0.252 e. The maximum absolute atomic E-state index is 12.4. The lowest BCUT2D eigenvalue weighted by Gasteiger charge is -2.40. The predicted molar refractivity (Wildman–Crippen MR) is 158 cm³/mol. The minimum Gasteiger partial charge on any atom is -0.488 e. The van der Waals surface area contributed by atoms with Gasteiger partial charge in [-0.2, -0.15) is 10.4 Å². The SMILES string of the molecule is Cc1cc(-c2ccn3nc(Nc4ccc(C(=O)NCC(C)(C)C#N)cn4)cc3c2)c(O[C@H]2C[C@H]3COC[C@@H](C2)N3)cn1. The molecule has 6 heterocycles. The van der Waals surface area contributed by atoms with Crippen LogP contribution in [0.4, 0.5) is 11.6 Å². The Morgan fingerprint density at radius 2 is 1.95 bits per heavy atom. The van der Waals surface area contributed by atoms with Gasteiger partial charge in [-0.05, 0) is 56.7 Å². The van der Waals surface area contributed by atoms with E-state index in [1.807, 2.05) is 31.5 Å². The van der Waals surface area contributed by atoms with Crippen molar-refractivity contribution in [3.8, 4) is 22.9 Å². The van der Waals surface area contributed by atoms with Crippen molar-refractivity contribution in [2.45, 2.75) is 51.8 Å². The Hall–Kier alpha value is -4.53. The average molecular weight is 567 g/mol. The van der Waals surface area contributed by atoms with Gasteiger partial charge in [0.25, 0.3) is 5.91 Å². The lowest BCUT2D eigenvalue weighted by Crippen LogP contribution is -2.56. The lowest BCUT2D eigenvalue weighted by atomic mass is 9.94. The normalized spacial score (nSPS) is 20.1. The average Bonchev–Trinajstić information content (AvgIpc) is 3.38. The maximum atomic E-state index is 12.4. The molecule has 2 aliphatic rings. The fraction of sp³-hybridized carbons (Fsp3) is 0.387. The summed E-state index contributed by atoms with van der Waals surface area (Å²) in [4.78, 5) is 21.3. The van der Waals surface area contributed by atoms with Crippen molar-refractivity contribution in [2.24, 2.45) is 5.41 Å². The number of nitrogens with one attached hydrogen (secondary N) is 3. The van der Waals surface area contributed by atoms with Crippen LogP contribution in [-0.2, 0) is 4.74 Å². The van der Waals surface area contributed by atoms with Gasteiger partial charge in [0.05, 0.1) is 42.0 Å². The minimum absolute atomic E-state index is 0.109. The van der Waals surface area contributed by atoms with Gasteiger partial charge in [0.15, 0.2) is 5.82 Å². The van der Waals surface area contributed by atoms with Crippen LogP contribution in [0, 0.1) is 23.7 Å². The molecule has 0 aliphatic carbocycles. The van der Waals surface area contributed by atoms with Crippen LogP contribution in [0.15, 0.2) is 55.0 Å². The highest BCUT2D eigenvalue weighted by atomic mass is 16.5. The first-order valence-electron chi connectivity index (χ1n) is 14.1. The van der Waals surface area contributed by atoms with E-state index in [4.69, 9.17) is 14.7 Å². The van der Waals surface area contributed by atoms with Crippen LogP contribution in [0.1, 0.15) is 42.7 Å². The van der Waals surface area contributed by atoms with Crippen molar-refractivity contribution in [3.63, 3.8) is 0 Å². The second kappa shape index (κ2) is 11.4. The molecule has 2 aliphatic heterocycles. The molecule has 11 nitrogen and oxygen atoms in total. The number of morpholine rings is 1. The van der Waals surface area contributed by atoms with E-state index in [0.717, 1.165) is 54.1 Å². The fourth-order valence-electron chi connectivity index (χ4n) is 5.33. The number of rotatable bonds is 8. The molecule has 0 radical (unpaired) electrons. The Balaban J connectivity index is 1.16. The van der Waals surface area contributed by atoms with Crippen LogP contribution in [0.2, 0.25) is 0 Å². The summed E-state index contributed by atoms with van der Waals surface area (Å²) in [5.41, 5.74) is 3.61. The molecule has 216 valence electrons. The molecule has 0 aromatic carbocycles. The Morgan fingerprint density at radius 3 is 2.69 bits per heavy atom. The molecule has 3 atom stereocenters. The largest absolute Gasteiger partial charge is 0.488 e. The number of nitriles is 1. The van der Waals surface area contributed by atoms with E-state index in [-0.39, 0.29) is 18.6 Å². The topological polar surface area (TPSA) is 138 Å². The first kappa shape index (κ1) is 27.6. The van der Waals surface area contributed by atoms with Gasteiger partial charge in [0, 0.05) is 61.2 Å². The zero-order chi connectivity index (χ0) is 29.3. The Bertz CT molecular complexity index is 1630. The first-order valence-corrected chi connectivity index (χ1v) is 14.1. The van der Waals surface area contributed by atoms with E-state index in [9.17, 15) is 4.79 Å². The highest BCUT2D eigenvalue weighted by Crippen LogP contribution is 2.34. The summed E-state index contributed by atoms with van der Waals surface area (Å²) in [6.07, 6.45) is 7.16. The number of aromatic nitrogens is 4. The quantitative estimate of drug-likeness (QED) is 0.289. The van der Waals surface area contributed by atoms with Crippen LogP contribution < -0.4 is 20.7 Å². The summed E-state index contributed by atoms with van der Waals surface area (Å²) in [5.74, 6) is 1.69. The van der Waals surface area contributed by atoms with Crippen LogP contribution in [0.3, 0.4) is 0 Å². The Labute approximate surface area is 244 Å². The molecule has 2 fully saturated rings. The number of hydrogen-bond acceptors (Lipinski definition) is 9. The van der Waals surface area contributed by atoms with E-state index >= 15 is 0 Å². The van der Waals surface area contributed by atoms with E-state index in [1.165, 1.54) is 6.20 Å². The summed E-state index contributed by atoms with van der Waals surface area (Å²) < 4.78 is 14.0. The Morgan fingerprint density at radius 1 is 1.14 bits per heavy atom. The summed E-state index contributed by atoms with van der Waals surface area (Å²) in [6, 6.07) is 14.3. The molecule has 2 saturated heterocycles. The van der Waals surface area contributed by atoms with Crippen LogP contribution in [0.25, 0.3) is 16.6 Å². The smallest absolute Gasteiger partial charge is 0.252 e. The monoisotopic (exact) mass is 566 g/mol. The third-order valence-corrected chi connectivity index (χ3v) is 7.55. The second-order valence-electron chi connectivity index (χ2n) is 11.7. The highest BCUT2D eigenvalue weighted by molar-refractivity contribution is 5.94. The van der Waals surface area contributed by atoms with Gasteiger partial charge in [-0.15, -0.1) is 0 Å². The number of carbonyl (C=O) groups excluding carboxylic acids is 1. The molecule has 0 unspecified atom stereocenters. The molecular formula is C31H34N8O3. The highest BCUT2D eigenvalue weighted by Gasteiger charge is 2.33. The minimum atomic E-state index is -0.638. The first-order chi connectivity index (χ1) is 20.2. The fourth-order valence-corrected chi connectivity index (χ4v) is 5.33. The van der Waals surface area contributed by atoms with Crippen LogP contribution in [-0.4, -0.2) is 63.4 Å². The molecule has 6 rings (SSSR count). The number of hydrogen-bond donors (Lipinski definition) is 3. The zero-order valence-electron chi connectivity index (χ0n) is 23.9. The molecular weight excluding hydrogens is 532 g/mol. The van der Waals surface area contributed by atoms with E-state index < -0.39 is 5.41 Å². The van der Waals surface area contributed by atoms with Crippen molar-refractivity contribution in [1.29, 1.82) is 5.26 Å². The van der Waals surface area contributed by atoms with Crippen molar-refractivity contribution in [1.82, 2.24) is 30.2 Å². The number of fused-ring (bicyclic) bond motifs is 3. The molecule has 11 heteroatoms. The van der Waals surface area contributed by atoms with Crippen molar-refractivity contribution < 1.29 is 14.3 Å². The van der Waals surface area contributed by atoms with E-state index in [2.05, 4.69) is 49.2 Å². The summed E-state index contributed by atoms with van der Waals surface area (Å²) in [6.45, 7) is 7.23. The van der Waals surface area contributed by atoms with Gasteiger partial charge in [0.1, 0.15) is 17.7 Å². The standard InChI is InChI=1S/C31H34N8O3/c1-19-8-26(27(14-33-19)42-25-10-22-15-41-16-23(11-25)36-22)20-6-7-39-24(9-20)12-29(38-39)37-28-5-4-21(13-34-28)30(40)35-18-31(2,3)17-32/h4-9,12-14,22-23,25,36H,10-11,15-16,18H2,1-3H3,(H,35,40)(H,34,37,38)/t22-,23+,25-. The lowest BCUT2D eigenvalue weighted by molar-refractivity contribution is -0.0122. The second-order valence-corrected chi connectivity index (χ2v) is 11.7. The van der Waals surface area contributed by atoms with Crippen LogP contribution >= 0.6 is 0 Å². The third kappa shape index (κ3) is 6.20. The molecule has 4 aromatic rings. The number of aryl methyl sites for hydroxylation is 1. The van der Waals surface area contributed by atoms with Crippen molar-refractivity contribution in [3.05, 3.63) is 66.2 Å². The molecule has 3 N–H and O–H groups in total. The molecule has 1 amide bonds. The summed E-state index contributed by atoms with van der Waals surface area (Å²) in [7, 11) is 0. The van der Waals surface area contributed by atoms with Crippen molar-refractivity contribution in [2.75, 3.05) is 25.1 Å². The van der Waals surface area contributed by atoms with Gasteiger partial charge >= 0.3 is 0 Å². The van der Waals surface area contributed by atoms with Crippen LogP contribution in [0.5, 0.6) is 5.75 Å². The number of piperidine rings is 1. The number of ether oxygens (including phenoxy) is 2. The van der Waals surface area contributed by atoms with Gasteiger partial charge in [0.2, 0.25) is 0 Å². The zero-order valence-corrected chi connectivity index (χ0v) is 23.9. The molecule has 0 spiro atoms. The number of anilines is 2. The van der Waals surface area contributed by atoms with Crippen molar-refractivity contribution >= 4 is 23.1 Å². The van der Waals surface area contributed by atoms with Gasteiger partial charge in [-0.3, -0.25) is 9.78 Å². The third-order valence-electron chi connectivity index (χ3n) is 7.55. The van der Waals surface area contributed by atoms with Gasteiger partial charge in [-0.25, -0.2) is 9.50 Å². The van der Waals surface area contributed by atoms with E-state index in [0.29, 0.717) is 29.3 Å². The summed E-state index contributed by atoms with van der Waals surface area (Å²) >= 11 is 0. The van der Waals surface area contributed by atoms with Gasteiger partial charge in [-0.1, -0.05) is 0 Å². The number of amides is 1. The number of pyridine rings is 3. The molecule has 2 bridgehead atoms. The van der Waals surface area contributed by atoms with Gasteiger partial charge < -0.3 is 25.4 Å². The summed E-state index contributed by atoms with van der Waals surface area (Å²) in [5, 5.41) is 23.4. The molecule has 4 aromatic heterocycles. The Kier molecular flexibility index (Phi) is 7.49. The number of carbonyl (C=O) groups is 1. The number of nitrogens with zero attached hydrogens (tertiary/aromatic N) is 5. The molecule has 42 heavy (non-hydrogen) atoms. The predicted octanol–water partition coefficient (Wildman–Crippen LogP) is 4.02. The van der Waals surface area contributed by atoms with E-state index in [1.54, 1.807) is 30.5 Å². The molecule has 0 saturated carbocycles.